The van der Waals surface area contributed by atoms with Crippen molar-refractivity contribution in [2.45, 2.75) is 113 Å². The van der Waals surface area contributed by atoms with E-state index in [0.29, 0.717) is 31.1 Å². The van der Waals surface area contributed by atoms with E-state index in [2.05, 4.69) is 74.1 Å². The maximum Gasteiger partial charge on any atom is 0.307 e. The summed E-state index contributed by atoms with van der Waals surface area (Å²) < 4.78 is 0. The van der Waals surface area contributed by atoms with Crippen molar-refractivity contribution in [1.29, 1.82) is 0 Å². The number of carboxylic acids is 1. The summed E-state index contributed by atoms with van der Waals surface area (Å²) in [6.45, 7) is 21.8. The van der Waals surface area contributed by atoms with Gasteiger partial charge in [-0.1, -0.05) is 79.7 Å². The molecule has 0 bridgehead atoms. The van der Waals surface area contributed by atoms with Crippen LogP contribution >= 0.6 is 0 Å². The highest BCUT2D eigenvalue weighted by Crippen LogP contribution is 2.75. The minimum Gasteiger partial charge on any atom is -0.481 e. The zero-order valence-electron chi connectivity index (χ0n) is 23.9. The van der Waals surface area contributed by atoms with Gasteiger partial charge in [-0.05, 0) is 89.6 Å². The van der Waals surface area contributed by atoms with Crippen molar-refractivity contribution in [3.05, 3.63) is 35.5 Å². The van der Waals surface area contributed by atoms with Gasteiger partial charge in [0.25, 0.3) is 0 Å². The van der Waals surface area contributed by atoms with Crippen molar-refractivity contribution < 1.29 is 20.1 Å². The van der Waals surface area contributed by atoms with E-state index in [1.165, 1.54) is 11.1 Å². The quantitative estimate of drug-likeness (QED) is 0.347. The molecule has 0 spiro atoms. The Morgan fingerprint density at radius 3 is 2.25 bits per heavy atom. The molecule has 0 radical (unpaired) electrons. The Kier molecular flexibility index (Phi) is 6.57. The summed E-state index contributed by atoms with van der Waals surface area (Å²) in [5, 5.41) is 33.2. The highest BCUT2D eigenvalue weighted by Gasteiger charge is 2.71. The highest BCUT2D eigenvalue weighted by atomic mass is 16.4. The number of rotatable bonds is 6. The number of hydrogen-bond acceptors (Lipinski definition) is 3. The van der Waals surface area contributed by atoms with Crippen LogP contribution in [0.25, 0.3) is 0 Å². The average Bonchev–Trinajstić information content (AvgIpc) is 2.94. The van der Waals surface area contributed by atoms with Crippen LogP contribution < -0.4 is 0 Å². The number of aliphatic hydroxyl groups is 2. The monoisotopic (exact) mass is 498 g/mol. The first-order valence-electron chi connectivity index (χ1n) is 14.2. The third-order valence-corrected chi connectivity index (χ3v) is 12.8. The van der Waals surface area contributed by atoms with Crippen molar-refractivity contribution in [2.75, 3.05) is 0 Å². The molecule has 0 amide bonds. The van der Waals surface area contributed by atoms with E-state index in [0.717, 1.165) is 31.3 Å². The van der Waals surface area contributed by atoms with Gasteiger partial charge in [0.2, 0.25) is 0 Å². The fraction of sp³-hybridized carbons (Fsp3) is 0.781. The predicted molar refractivity (Wildman–Crippen MR) is 145 cm³/mol. The first-order valence-corrected chi connectivity index (χ1v) is 14.2. The Bertz CT molecular complexity index is 1000. The number of aliphatic carboxylic acids is 1. The number of allylic oxidation sites excluding steroid dienone is 4. The molecular formula is C32H50O4. The Morgan fingerprint density at radius 1 is 1.03 bits per heavy atom. The van der Waals surface area contributed by atoms with Crippen molar-refractivity contribution in [2.24, 2.45) is 44.8 Å². The van der Waals surface area contributed by atoms with Crippen LogP contribution in [0.3, 0.4) is 0 Å². The van der Waals surface area contributed by atoms with Gasteiger partial charge in [0.05, 0.1) is 18.1 Å². The number of aliphatic hydroxyl groups excluding tert-OH is 2. The maximum absolute atomic E-state index is 12.8. The second-order valence-electron chi connectivity index (χ2n) is 14.4. The lowest BCUT2D eigenvalue weighted by Gasteiger charge is -2.62. The molecule has 202 valence electrons. The van der Waals surface area contributed by atoms with Crippen molar-refractivity contribution in [3.8, 4) is 0 Å². The van der Waals surface area contributed by atoms with Gasteiger partial charge in [-0.25, -0.2) is 0 Å². The van der Waals surface area contributed by atoms with E-state index in [1.807, 2.05) is 0 Å². The molecule has 0 saturated heterocycles. The van der Waals surface area contributed by atoms with Crippen LogP contribution in [-0.2, 0) is 4.79 Å². The average molecular weight is 499 g/mol. The van der Waals surface area contributed by atoms with Gasteiger partial charge in [-0.15, -0.1) is 0 Å². The third-order valence-electron chi connectivity index (χ3n) is 12.8. The standard InChI is InChI=1S/C32H50O4/c1-19(2)20(3)10-11-24(27(35)36)30(7)18-26(34)32(9)23-15-16-29(6)22(12-13-25(33)28(29,4)5)21(23)14-17-31(30,32)8/h14-15,19,22,24-26,33-34H,3,10-13,16-18H2,1-2,4-9H3,(H,35,36)/t22-,24+,25+,26+,29-,30-,31-,32-/m1/s1. The second-order valence-corrected chi connectivity index (χ2v) is 14.4. The number of carbonyl (C=O) groups is 1. The Morgan fingerprint density at radius 2 is 1.67 bits per heavy atom. The minimum atomic E-state index is -0.755. The lowest BCUT2D eigenvalue weighted by atomic mass is 9.42. The van der Waals surface area contributed by atoms with Crippen LogP contribution in [0.5, 0.6) is 0 Å². The molecule has 3 N–H and O–H groups in total. The summed E-state index contributed by atoms with van der Waals surface area (Å²) in [7, 11) is 0. The molecule has 0 heterocycles. The number of fused-ring (bicyclic) bond motifs is 5. The predicted octanol–water partition coefficient (Wildman–Crippen LogP) is 6.93. The van der Waals surface area contributed by atoms with Crippen molar-refractivity contribution in [3.63, 3.8) is 0 Å². The zero-order chi connectivity index (χ0) is 27.1. The van der Waals surface area contributed by atoms with E-state index in [-0.39, 0.29) is 22.3 Å². The molecule has 4 aliphatic rings. The molecule has 0 aliphatic heterocycles. The largest absolute Gasteiger partial charge is 0.481 e. The molecule has 0 aromatic carbocycles. The van der Waals surface area contributed by atoms with Gasteiger partial charge in [0.1, 0.15) is 0 Å². The molecule has 0 aromatic rings. The molecule has 0 unspecified atom stereocenters. The lowest BCUT2D eigenvalue weighted by Crippen LogP contribution is -2.57. The fourth-order valence-electron chi connectivity index (χ4n) is 9.01. The first-order chi connectivity index (χ1) is 16.5. The topological polar surface area (TPSA) is 77.8 Å². The molecule has 8 atom stereocenters. The lowest BCUT2D eigenvalue weighted by molar-refractivity contribution is -0.152. The normalized spacial score (nSPS) is 44.1. The zero-order valence-corrected chi connectivity index (χ0v) is 23.9. The van der Waals surface area contributed by atoms with Gasteiger partial charge in [0, 0.05) is 5.41 Å². The molecule has 2 fully saturated rings. The highest BCUT2D eigenvalue weighted by molar-refractivity contribution is 5.72. The van der Waals surface area contributed by atoms with Gasteiger partial charge >= 0.3 is 5.97 Å². The number of hydrogen-bond donors (Lipinski definition) is 3. The molecule has 36 heavy (non-hydrogen) atoms. The summed E-state index contributed by atoms with van der Waals surface area (Å²) in [6.07, 6.45) is 9.01. The first kappa shape index (κ1) is 27.6. The van der Waals surface area contributed by atoms with Crippen molar-refractivity contribution in [1.82, 2.24) is 0 Å². The molecule has 4 rings (SSSR count). The Hall–Kier alpha value is -1.39. The maximum atomic E-state index is 12.8. The van der Waals surface area contributed by atoms with Crippen LogP contribution in [0.1, 0.15) is 100 Å². The van der Waals surface area contributed by atoms with E-state index < -0.39 is 28.8 Å². The Labute approximate surface area is 219 Å². The van der Waals surface area contributed by atoms with E-state index in [4.69, 9.17) is 0 Å². The summed E-state index contributed by atoms with van der Waals surface area (Å²) in [5.74, 6) is -0.610. The van der Waals surface area contributed by atoms with Gasteiger partial charge < -0.3 is 15.3 Å². The van der Waals surface area contributed by atoms with Gasteiger partial charge in [0.15, 0.2) is 0 Å². The smallest absolute Gasteiger partial charge is 0.307 e. The van der Waals surface area contributed by atoms with Crippen LogP contribution in [0, 0.1) is 44.8 Å². The third kappa shape index (κ3) is 3.35. The fourth-order valence-corrected chi connectivity index (χ4v) is 9.01. The summed E-state index contributed by atoms with van der Waals surface area (Å²) >= 11 is 0. The minimum absolute atomic E-state index is 0.0439. The molecule has 0 aromatic heterocycles. The second kappa shape index (κ2) is 8.56. The SMILES string of the molecule is C=C(CC[C@@H](C(=O)O)[C@@]1(C)C[C@H](O)[C@@]2(C)C3=CC[C@]4(C)[C@H](CC[C@H](O)C4(C)C)C3=CC[C@]12C)C(C)C. The molecule has 2 saturated carbocycles. The molecular weight excluding hydrogens is 448 g/mol. The van der Waals surface area contributed by atoms with Gasteiger partial charge in [-0.2, -0.15) is 0 Å². The molecule has 4 aliphatic carbocycles. The van der Waals surface area contributed by atoms with E-state index >= 15 is 0 Å². The molecule has 4 heteroatoms. The summed E-state index contributed by atoms with van der Waals surface area (Å²) in [5.41, 5.74) is 2.03. The van der Waals surface area contributed by atoms with Gasteiger partial charge in [-0.3, -0.25) is 4.79 Å². The summed E-state index contributed by atoms with van der Waals surface area (Å²) in [6, 6.07) is 0. The van der Waals surface area contributed by atoms with Crippen molar-refractivity contribution >= 4 is 5.97 Å². The van der Waals surface area contributed by atoms with Crippen LogP contribution in [0.4, 0.5) is 0 Å². The van der Waals surface area contributed by atoms with Crippen LogP contribution in [0.15, 0.2) is 35.5 Å². The Balaban J connectivity index is 1.77. The van der Waals surface area contributed by atoms with E-state index in [9.17, 15) is 20.1 Å². The van der Waals surface area contributed by atoms with Crippen LogP contribution in [0.2, 0.25) is 0 Å². The molecule has 4 nitrogen and oxygen atoms in total. The number of carboxylic acid groups (broad SMARTS) is 1. The van der Waals surface area contributed by atoms with E-state index in [1.54, 1.807) is 0 Å². The van der Waals surface area contributed by atoms with Crippen LogP contribution in [-0.4, -0.2) is 33.5 Å². The summed E-state index contributed by atoms with van der Waals surface area (Å²) in [4.78, 5) is 12.8.